The zero-order chi connectivity index (χ0) is 19.7. The molecule has 7 heteroatoms. The second kappa shape index (κ2) is 7.85. The van der Waals surface area contributed by atoms with Crippen molar-refractivity contribution < 1.29 is 0 Å². The fraction of sp³-hybridized carbons (Fsp3) is 0.619. The van der Waals surface area contributed by atoms with Crippen LogP contribution in [0.1, 0.15) is 50.6 Å². The van der Waals surface area contributed by atoms with Gasteiger partial charge in [-0.3, -0.25) is 4.79 Å². The molecule has 0 aliphatic carbocycles. The lowest BCUT2D eigenvalue weighted by Gasteiger charge is -2.33. The Morgan fingerprint density at radius 1 is 1.18 bits per heavy atom. The quantitative estimate of drug-likeness (QED) is 0.790. The number of hydrogen-bond donors (Lipinski definition) is 0. The van der Waals surface area contributed by atoms with Gasteiger partial charge in [-0.05, 0) is 42.2 Å². The van der Waals surface area contributed by atoms with Gasteiger partial charge in [0.15, 0.2) is 5.82 Å². The predicted octanol–water partition coefficient (Wildman–Crippen LogP) is 3.04. The van der Waals surface area contributed by atoms with Crippen molar-refractivity contribution in [2.45, 2.75) is 57.7 Å². The van der Waals surface area contributed by atoms with Crippen molar-refractivity contribution in [1.82, 2.24) is 20.0 Å². The highest BCUT2D eigenvalue weighted by Gasteiger charge is 2.24. The highest BCUT2D eigenvalue weighted by Crippen LogP contribution is 2.28. The molecular formula is C21H29N5OS. The average Bonchev–Trinajstić information content (AvgIpc) is 2.69. The molecule has 0 unspecified atom stereocenters. The van der Waals surface area contributed by atoms with Crippen molar-refractivity contribution in [2.24, 2.45) is 5.92 Å². The molecule has 2 aromatic rings. The molecule has 1 saturated heterocycles. The van der Waals surface area contributed by atoms with Gasteiger partial charge in [-0.2, -0.15) is 22.0 Å². The topological polar surface area (TPSA) is 63.9 Å². The summed E-state index contributed by atoms with van der Waals surface area (Å²) in [4.78, 5) is 14.6. The van der Waals surface area contributed by atoms with E-state index in [0.717, 1.165) is 55.4 Å². The number of piperidine rings is 1. The van der Waals surface area contributed by atoms with Crippen LogP contribution >= 0.6 is 11.8 Å². The van der Waals surface area contributed by atoms with Gasteiger partial charge in [-0.15, -0.1) is 5.10 Å². The fourth-order valence-electron chi connectivity index (χ4n) is 3.85. The number of aryl methyl sites for hydroxylation is 1. The van der Waals surface area contributed by atoms with Gasteiger partial charge in [0, 0.05) is 43.3 Å². The van der Waals surface area contributed by atoms with Gasteiger partial charge >= 0.3 is 0 Å². The van der Waals surface area contributed by atoms with E-state index >= 15 is 0 Å². The Hall–Kier alpha value is -1.89. The molecule has 2 aromatic heterocycles. The summed E-state index contributed by atoms with van der Waals surface area (Å²) in [6.07, 6.45) is 3.12. The van der Waals surface area contributed by atoms with Crippen LogP contribution in [0.5, 0.6) is 0 Å². The van der Waals surface area contributed by atoms with Gasteiger partial charge in [-0.25, -0.2) is 4.68 Å². The van der Waals surface area contributed by atoms with Crippen LogP contribution in [0.2, 0.25) is 0 Å². The largest absolute Gasteiger partial charge is 0.355 e. The molecule has 0 N–H and O–H groups in total. The lowest BCUT2D eigenvalue weighted by molar-refractivity contribution is 0.329. The minimum absolute atomic E-state index is 0.00603. The summed E-state index contributed by atoms with van der Waals surface area (Å²) >= 11 is 1.97. The normalized spacial score (nSPS) is 18.2. The Labute approximate surface area is 170 Å². The van der Waals surface area contributed by atoms with E-state index in [2.05, 4.69) is 47.0 Å². The molecule has 150 valence electrons. The van der Waals surface area contributed by atoms with Crippen LogP contribution in [0.15, 0.2) is 23.0 Å². The first-order chi connectivity index (χ1) is 13.4. The third-order valence-electron chi connectivity index (χ3n) is 5.69. The second-order valence-electron chi connectivity index (χ2n) is 8.90. The van der Waals surface area contributed by atoms with Crippen LogP contribution in [-0.2, 0) is 24.1 Å². The summed E-state index contributed by atoms with van der Waals surface area (Å²) in [5, 5.41) is 13.6. The van der Waals surface area contributed by atoms with Crippen molar-refractivity contribution in [2.75, 3.05) is 23.7 Å². The number of nitrogens with zero attached hydrogens (tertiary/aromatic N) is 5. The van der Waals surface area contributed by atoms with Crippen LogP contribution in [0.4, 0.5) is 5.82 Å². The third-order valence-corrected chi connectivity index (χ3v) is 6.70. The molecule has 0 amide bonds. The number of aromatic nitrogens is 4. The van der Waals surface area contributed by atoms with E-state index in [1.54, 1.807) is 10.7 Å². The summed E-state index contributed by atoms with van der Waals surface area (Å²) in [6, 6.07) is 5.74. The Kier molecular flexibility index (Phi) is 5.45. The molecule has 6 nitrogen and oxygen atoms in total. The molecule has 0 saturated carbocycles. The number of fused-ring (bicyclic) bond motifs is 1. The molecule has 28 heavy (non-hydrogen) atoms. The van der Waals surface area contributed by atoms with E-state index in [1.165, 1.54) is 11.3 Å². The molecule has 2 aliphatic heterocycles. The summed E-state index contributed by atoms with van der Waals surface area (Å²) in [7, 11) is 0. The monoisotopic (exact) mass is 399 g/mol. The fourth-order valence-corrected chi connectivity index (χ4v) is 4.81. The van der Waals surface area contributed by atoms with Crippen LogP contribution in [0, 0.1) is 5.92 Å². The van der Waals surface area contributed by atoms with Gasteiger partial charge in [0.2, 0.25) is 0 Å². The minimum atomic E-state index is -0.0534. The Morgan fingerprint density at radius 2 is 1.96 bits per heavy atom. The van der Waals surface area contributed by atoms with E-state index in [4.69, 9.17) is 0 Å². The summed E-state index contributed by atoms with van der Waals surface area (Å²) in [6.45, 7) is 8.99. The molecule has 4 heterocycles. The summed E-state index contributed by atoms with van der Waals surface area (Å²) in [5.74, 6) is 3.67. The molecule has 0 radical (unpaired) electrons. The van der Waals surface area contributed by atoms with Crippen LogP contribution in [0.25, 0.3) is 0 Å². The van der Waals surface area contributed by atoms with Crippen molar-refractivity contribution >= 4 is 17.6 Å². The maximum absolute atomic E-state index is 12.3. The zero-order valence-corrected chi connectivity index (χ0v) is 17.8. The molecule has 4 rings (SSSR count). The Morgan fingerprint density at radius 3 is 2.71 bits per heavy atom. The van der Waals surface area contributed by atoms with Crippen molar-refractivity contribution in [3.8, 4) is 0 Å². The van der Waals surface area contributed by atoms with Gasteiger partial charge in [-0.1, -0.05) is 20.8 Å². The zero-order valence-electron chi connectivity index (χ0n) is 17.0. The summed E-state index contributed by atoms with van der Waals surface area (Å²) in [5.41, 5.74) is 3.42. The van der Waals surface area contributed by atoms with E-state index in [1.807, 2.05) is 17.8 Å². The van der Waals surface area contributed by atoms with Crippen LogP contribution in [-0.4, -0.2) is 38.8 Å². The molecule has 0 bridgehead atoms. The highest BCUT2D eigenvalue weighted by atomic mass is 32.2. The molecule has 1 fully saturated rings. The molecular weight excluding hydrogens is 370 g/mol. The molecule has 0 spiro atoms. The predicted molar refractivity (Wildman–Crippen MR) is 114 cm³/mol. The van der Waals surface area contributed by atoms with Crippen molar-refractivity contribution in [3.63, 3.8) is 0 Å². The first-order valence-corrected chi connectivity index (χ1v) is 11.3. The highest BCUT2D eigenvalue weighted by molar-refractivity contribution is 7.98. The van der Waals surface area contributed by atoms with E-state index in [0.29, 0.717) is 12.5 Å². The van der Waals surface area contributed by atoms with E-state index < -0.39 is 0 Å². The molecule has 0 aromatic carbocycles. The second-order valence-corrected chi connectivity index (χ2v) is 10.0. The lowest BCUT2D eigenvalue weighted by Crippen LogP contribution is -2.38. The van der Waals surface area contributed by atoms with Crippen LogP contribution in [0.3, 0.4) is 0 Å². The van der Waals surface area contributed by atoms with Crippen LogP contribution < -0.4 is 10.5 Å². The average molecular weight is 400 g/mol. The van der Waals surface area contributed by atoms with Crippen molar-refractivity contribution in [1.29, 1.82) is 0 Å². The number of hydrogen-bond acceptors (Lipinski definition) is 6. The van der Waals surface area contributed by atoms with Gasteiger partial charge in [0.1, 0.15) is 0 Å². The maximum atomic E-state index is 12.3. The Balaban J connectivity index is 1.40. The maximum Gasteiger partial charge on any atom is 0.266 e. The van der Waals surface area contributed by atoms with Gasteiger partial charge < -0.3 is 4.90 Å². The lowest BCUT2D eigenvalue weighted by atomic mass is 9.92. The minimum Gasteiger partial charge on any atom is -0.355 e. The molecule has 2 aliphatic rings. The Bertz CT molecular complexity index is 896. The van der Waals surface area contributed by atoms with Gasteiger partial charge in [0.25, 0.3) is 5.56 Å². The van der Waals surface area contributed by atoms with E-state index in [-0.39, 0.29) is 11.0 Å². The van der Waals surface area contributed by atoms with E-state index in [9.17, 15) is 4.79 Å². The van der Waals surface area contributed by atoms with Crippen molar-refractivity contribution in [3.05, 3.63) is 45.5 Å². The standard InChI is InChI=1S/C21H29N5OS/c1-21(2,3)18-4-5-20(27)26(24-18)13-15-6-9-25(10-7-15)19-12-16-14-28-11-8-17(16)22-23-19/h4-5,12,15H,6-11,13-14H2,1-3H3. The number of anilines is 1. The first-order valence-electron chi connectivity index (χ1n) is 10.2. The van der Waals surface area contributed by atoms with Gasteiger partial charge in [0.05, 0.1) is 11.4 Å². The summed E-state index contributed by atoms with van der Waals surface area (Å²) < 4.78 is 1.66. The smallest absolute Gasteiger partial charge is 0.266 e. The molecule has 0 atom stereocenters. The first kappa shape index (κ1) is 19.4. The SMILES string of the molecule is CC(C)(C)c1ccc(=O)n(CC2CCN(c3cc4c(nn3)CCSC4)CC2)n1. The third kappa shape index (κ3) is 4.24. The number of thioether (sulfide) groups is 1. The number of rotatable bonds is 3.